The van der Waals surface area contributed by atoms with Crippen LogP contribution in [0.25, 0.3) is 0 Å². The smallest absolute Gasteiger partial charge is 0.146 e. The summed E-state index contributed by atoms with van der Waals surface area (Å²) < 4.78 is 13.9. The molecule has 0 fully saturated rings. The molecule has 0 aliphatic heterocycles. The van der Waals surface area contributed by atoms with Crippen LogP contribution in [-0.4, -0.2) is 19.1 Å². The molecule has 0 radical (unpaired) electrons. The van der Waals surface area contributed by atoms with E-state index in [-0.39, 0.29) is 11.9 Å². The van der Waals surface area contributed by atoms with Crippen molar-refractivity contribution in [2.75, 3.05) is 18.0 Å². The largest absolute Gasteiger partial charge is 0.365 e. The molecule has 0 aliphatic carbocycles. The van der Waals surface area contributed by atoms with E-state index < -0.39 is 0 Å². The summed E-state index contributed by atoms with van der Waals surface area (Å²) in [5.41, 5.74) is 6.59. The van der Waals surface area contributed by atoms with Gasteiger partial charge in [0.25, 0.3) is 0 Å². The maximum absolute atomic E-state index is 13.9. The first-order chi connectivity index (χ1) is 8.69. The number of nitrogens with two attached hydrogens (primary N) is 1. The molecule has 2 nitrogen and oxygen atoms in total. The van der Waals surface area contributed by atoms with Crippen molar-refractivity contribution >= 4 is 5.69 Å². The van der Waals surface area contributed by atoms with Crippen molar-refractivity contribution in [3.63, 3.8) is 0 Å². The van der Waals surface area contributed by atoms with Gasteiger partial charge in [-0.2, -0.15) is 0 Å². The van der Waals surface area contributed by atoms with Crippen molar-refractivity contribution < 1.29 is 4.39 Å². The van der Waals surface area contributed by atoms with E-state index in [0.717, 1.165) is 19.4 Å². The zero-order valence-corrected chi connectivity index (χ0v) is 11.7. The first-order valence-electron chi connectivity index (χ1n) is 6.90. The molecule has 0 aliphatic rings. The number of para-hydroxylation sites is 1. The number of hydrogen-bond acceptors (Lipinski definition) is 2. The molecule has 1 aromatic carbocycles. The van der Waals surface area contributed by atoms with Crippen molar-refractivity contribution in [2.24, 2.45) is 11.7 Å². The van der Waals surface area contributed by atoms with Crippen LogP contribution in [0.1, 0.15) is 33.6 Å². The minimum absolute atomic E-state index is 0.163. The van der Waals surface area contributed by atoms with E-state index in [9.17, 15) is 4.39 Å². The first kappa shape index (κ1) is 15.0. The van der Waals surface area contributed by atoms with E-state index in [2.05, 4.69) is 25.7 Å². The summed E-state index contributed by atoms with van der Waals surface area (Å²) in [6.45, 7) is 7.74. The minimum Gasteiger partial charge on any atom is -0.365 e. The molecular weight excluding hydrogens is 227 g/mol. The van der Waals surface area contributed by atoms with Crippen LogP contribution in [0.5, 0.6) is 0 Å². The molecule has 0 aromatic heterocycles. The molecule has 102 valence electrons. The molecule has 0 bridgehead atoms. The second-order valence-corrected chi connectivity index (χ2v) is 4.62. The highest BCUT2D eigenvalue weighted by atomic mass is 19.1. The van der Waals surface area contributed by atoms with E-state index in [1.807, 2.05) is 12.1 Å². The Morgan fingerprint density at radius 2 is 1.78 bits per heavy atom. The number of likely N-dealkylation sites (N-methyl/N-ethyl adjacent to an activating group) is 1. The van der Waals surface area contributed by atoms with Gasteiger partial charge in [-0.15, -0.1) is 0 Å². The summed E-state index contributed by atoms with van der Waals surface area (Å²) in [5, 5.41) is 0. The fourth-order valence-electron chi connectivity index (χ4n) is 2.68. The summed E-state index contributed by atoms with van der Waals surface area (Å²) in [7, 11) is 0. The van der Waals surface area contributed by atoms with Crippen molar-refractivity contribution in [3.05, 3.63) is 30.1 Å². The number of benzene rings is 1. The number of hydrogen-bond donors (Lipinski definition) is 1. The minimum atomic E-state index is -0.163. The third kappa shape index (κ3) is 3.22. The Labute approximate surface area is 110 Å². The van der Waals surface area contributed by atoms with Gasteiger partial charge in [-0.3, -0.25) is 0 Å². The summed E-state index contributed by atoms with van der Waals surface area (Å²) >= 11 is 0. The molecule has 1 atom stereocenters. The average Bonchev–Trinajstić information content (AvgIpc) is 2.40. The third-order valence-corrected chi connectivity index (χ3v) is 3.74. The SMILES string of the molecule is CCC(CC)C(CN)N(CC)c1ccccc1F. The summed E-state index contributed by atoms with van der Waals surface area (Å²) in [6.07, 6.45) is 2.15. The van der Waals surface area contributed by atoms with Gasteiger partial charge in [0.2, 0.25) is 0 Å². The Balaban J connectivity index is 3.03. The maximum Gasteiger partial charge on any atom is 0.146 e. The Hall–Kier alpha value is -1.09. The van der Waals surface area contributed by atoms with Gasteiger partial charge in [-0.1, -0.05) is 38.8 Å². The van der Waals surface area contributed by atoms with Gasteiger partial charge in [0.05, 0.1) is 5.69 Å². The summed E-state index contributed by atoms with van der Waals surface area (Å²) in [6, 6.07) is 7.16. The maximum atomic E-state index is 13.9. The Morgan fingerprint density at radius 3 is 2.22 bits per heavy atom. The first-order valence-corrected chi connectivity index (χ1v) is 6.90. The average molecular weight is 252 g/mol. The Kier molecular flexibility index (Phi) is 6.13. The molecule has 1 rings (SSSR count). The second-order valence-electron chi connectivity index (χ2n) is 4.62. The Bertz CT molecular complexity index is 350. The van der Waals surface area contributed by atoms with Crippen LogP contribution in [-0.2, 0) is 0 Å². The molecule has 18 heavy (non-hydrogen) atoms. The van der Waals surface area contributed by atoms with Crippen molar-refractivity contribution in [2.45, 2.75) is 39.7 Å². The number of anilines is 1. The van der Waals surface area contributed by atoms with Gasteiger partial charge in [0.15, 0.2) is 0 Å². The van der Waals surface area contributed by atoms with Gasteiger partial charge in [-0.25, -0.2) is 4.39 Å². The lowest BCUT2D eigenvalue weighted by Gasteiger charge is -2.37. The van der Waals surface area contributed by atoms with Crippen molar-refractivity contribution in [1.82, 2.24) is 0 Å². The standard InChI is InChI=1S/C15H25FN2/c1-4-12(5-2)15(11-17)18(6-3)14-10-8-7-9-13(14)16/h7-10,12,15H,4-6,11,17H2,1-3H3. The topological polar surface area (TPSA) is 29.3 Å². The van der Waals surface area contributed by atoms with Crippen molar-refractivity contribution in [1.29, 1.82) is 0 Å². The lowest BCUT2D eigenvalue weighted by atomic mass is 9.92. The zero-order chi connectivity index (χ0) is 13.5. The molecule has 1 aromatic rings. The molecule has 0 saturated heterocycles. The predicted octanol–water partition coefficient (Wildman–Crippen LogP) is 3.42. The van der Waals surface area contributed by atoms with Gasteiger partial charge < -0.3 is 10.6 Å². The molecule has 1 unspecified atom stereocenters. The molecule has 0 heterocycles. The van der Waals surface area contributed by atoms with Crippen molar-refractivity contribution in [3.8, 4) is 0 Å². The normalized spacial score (nSPS) is 12.8. The molecule has 0 amide bonds. The third-order valence-electron chi connectivity index (χ3n) is 3.74. The number of halogens is 1. The highest BCUT2D eigenvalue weighted by Gasteiger charge is 2.24. The monoisotopic (exact) mass is 252 g/mol. The van der Waals surface area contributed by atoms with Crippen LogP contribution in [0.2, 0.25) is 0 Å². The highest BCUT2D eigenvalue weighted by Crippen LogP contribution is 2.26. The highest BCUT2D eigenvalue weighted by molar-refractivity contribution is 5.48. The lowest BCUT2D eigenvalue weighted by Crippen LogP contribution is -2.46. The summed E-state index contributed by atoms with van der Waals surface area (Å²) in [4.78, 5) is 2.10. The number of rotatable bonds is 7. The van der Waals surface area contributed by atoms with E-state index in [4.69, 9.17) is 5.73 Å². The van der Waals surface area contributed by atoms with E-state index in [1.165, 1.54) is 6.07 Å². The summed E-state index contributed by atoms with van der Waals surface area (Å²) in [5.74, 6) is 0.346. The molecular formula is C15H25FN2. The fourth-order valence-corrected chi connectivity index (χ4v) is 2.68. The van der Waals surface area contributed by atoms with Gasteiger partial charge in [0.1, 0.15) is 5.82 Å². The van der Waals surface area contributed by atoms with E-state index in [1.54, 1.807) is 6.07 Å². The number of nitrogens with zero attached hydrogens (tertiary/aromatic N) is 1. The lowest BCUT2D eigenvalue weighted by molar-refractivity contribution is 0.378. The van der Waals surface area contributed by atoms with Gasteiger partial charge >= 0.3 is 0 Å². The fraction of sp³-hybridized carbons (Fsp3) is 0.600. The quantitative estimate of drug-likeness (QED) is 0.805. The van der Waals surface area contributed by atoms with Crippen LogP contribution in [0.3, 0.4) is 0 Å². The van der Waals surface area contributed by atoms with E-state index in [0.29, 0.717) is 18.2 Å². The molecule has 3 heteroatoms. The van der Waals surface area contributed by atoms with Crippen LogP contribution in [0.15, 0.2) is 24.3 Å². The zero-order valence-electron chi connectivity index (χ0n) is 11.7. The molecule has 0 saturated carbocycles. The van der Waals surface area contributed by atoms with E-state index >= 15 is 0 Å². The Morgan fingerprint density at radius 1 is 1.17 bits per heavy atom. The van der Waals surface area contributed by atoms with Crippen LogP contribution >= 0.6 is 0 Å². The van der Waals surface area contributed by atoms with Gasteiger partial charge in [-0.05, 0) is 25.0 Å². The van der Waals surface area contributed by atoms with Crippen LogP contribution in [0, 0.1) is 11.7 Å². The predicted molar refractivity (Wildman–Crippen MR) is 76.3 cm³/mol. The molecule has 2 N–H and O–H groups in total. The van der Waals surface area contributed by atoms with Crippen LogP contribution in [0.4, 0.5) is 10.1 Å². The molecule has 0 spiro atoms. The second kappa shape index (κ2) is 7.37. The van der Waals surface area contributed by atoms with Gasteiger partial charge in [0, 0.05) is 19.1 Å². The van der Waals surface area contributed by atoms with Crippen LogP contribution < -0.4 is 10.6 Å².